The van der Waals surface area contributed by atoms with Gasteiger partial charge in [0, 0.05) is 12.3 Å². The molecule has 0 fully saturated rings. The number of rotatable bonds is 7. The Hall–Kier alpha value is -2.03. The van der Waals surface area contributed by atoms with Gasteiger partial charge in [0.25, 0.3) is 0 Å². The van der Waals surface area contributed by atoms with E-state index >= 15 is 0 Å². The molecule has 0 amide bonds. The van der Waals surface area contributed by atoms with Crippen molar-refractivity contribution in [3.05, 3.63) is 48.2 Å². The first kappa shape index (κ1) is 14.4. The van der Waals surface area contributed by atoms with Gasteiger partial charge in [-0.3, -0.25) is 0 Å². The number of aromatic nitrogens is 1. The second kappa shape index (κ2) is 7.53. The van der Waals surface area contributed by atoms with Crippen molar-refractivity contribution in [1.29, 1.82) is 0 Å². The first-order valence-electron chi connectivity index (χ1n) is 7.09. The SMILES string of the molecule is CCCCCc1cc(OC)ccc1Oc1ccccn1. The molecule has 1 aromatic heterocycles. The minimum Gasteiger partial charge on any atom is -0.497 e. The first-order chi connectivity index (χ1) is 9.83. The largest absolute Gasteiger partial charge is 0.497 e. The quantitative estimate of drug-likeness (QED) is 0.689. The van der Waals surface area contributed by atoms with Gasteiger partial charge in [-0.1, -0.05) is 25.8 Å². The molecule has 0 radical (unpaired) electrons. The number of pyridine rings is 1. The van der Waals surface area contributed by atoms with Crippen LogP contribution in [0.3, 0.4) is 0 Å². The third-order valence-corrected chi connectivity index (χ3v) is 3.17. The van der Waals surface area contributed by atoms with Crippen LogP contribution in [0.4, 0.5) is 0 Å². The number of hydrogen-bond acceptors (Lipinski definition) is 3. The molecule has 0 aliphatic carbocycles. The Balaban J connectivity index is 2.17. The van der Waals surface area contributed by atoms with Crippen LogP contribution in [0.2, 0.25) is 0 Å². The maximum Gasteiger partial charge on any atom is 0.219 e. The highest BCUT2D eigenvalue weighted by molar-refractivity contribution is 5.42. The molecule has 0 bridgehead atoms. The minimum atomic E-state index is 0.620. The van der Waals surface area contributed by atoms with E-state index in [2.05, 4.69) is 11.9 Å². The van der Waals surface area contributed by atoms with E-state index in [9.17, 15) is 0 Å². The minimum absolute atomic E-state index is 0.620. The highest BCUT2D eigenvalue weighted by atomic mass is 16.5. The van der Waals surface area contributed by atoms with Crippen LogP contribution in [-0.4, -0.2) is 12.1 Å². The standard InChI is InChI=1S/C17H21NO2/c1-3-4-5-8-14-13-15(19-2)10-11-16(14)20-17-9-6-7-12-18-17/h6-7,9-13H,3-5,8H2,1-2H3. The normalized spacial score (nSPS) is 10.3. The molecule has 3 heteroatoms. The van der Waals surface area contributed by atoms with Crippen molar-refractivity contribution in [2.45, 2.75) is 32.6 Å². The van der Waals surface area contributed by atoms with Gasteiger partial charge < -0.3 is 9.47 Å². The van der Waals surface area contributed by atoms with Crippen molar-refractivity contribution >= 4 is 0 Å². The van der Waals surface area contributed by atoms with Gasteiger partial charge in [-0.15, -0.1) is 0 Å². The lowest BCUT2D eigenvalue weighted by Gasteiger charge is -2.12. The second-order valence-corrected chi connectivity index (χ2v) is 4.70. The Morgan fingerprint density at radius 3 is 2.70 bits per heavy atom. The summed E-state index contributed by atoms with van der Waals surface area (Å²) in [5.74, 6) is 2.35. The molecule has 1 heterocycles. The maximum absolute atomic E-state index is 5.87. The fourth-order valence-corrected chi connectivity index (χ4v) is 2.06. The zero-order chi connectivity index (χ0) is 14.2. The van der Waals surface area contributed by atoms with Gasteiger partial charge in [0.05, 0.1) is 7.11 Å². The van der Waals surface area contributed by atoms with Crippen molar-refractivity contribution in [3.63, 3.8) is 0 Å². The molecule has 2 aromatic rings. The predicted octanol–water partition coefficient (Wildman–Crippen LogP) is 4.62. The van der Waals surface area contributed by atoms with Crippen LogP contribution < -0.4 is 9.47 Å². The van der Waals surface area contributed by atoms with Crippen LogP contribution in [0, 0.1) is 0 Å². The van der Waals surface area contributed by atoms with Gasteiger partial charge in [0.2, 0.25) is 5.88 Å². The molecule has 0 spiro atoms. The molecule has 20 heavy (non-hydrogen) atoms. The fourth-order valence-electron chi connectivity index (χ4n) is 2.06. The monoisotopic (exact) mass is 271 g/mol. The fraction of sp³-hybridized carbons (Fsp3) is 0.353. The number of benzene rings is 1. The van der Waals surface area contributed by atoms with Gasteiger partial charge in [-0.25, -0.2) is 4.98 Å². The van der Waals surface area contributed by atoms with E-state index in [0.29, 0.717) is 5.88 Å². The summed E-state index contributed by atoms with van der Waals surface area (Å²) >= 11 is 0. The number of unbranched alkanes of at least 4 members (excludes halogenated alkanes) is 2. The highest BCUT2D eigenvalue weighted by Gasteiger charge is 2.07. The smallest absolute Gasteiger partial charge is 0.219 e. The lowest BCUT2D eigenvalue weighted by Crippen LogP contribution is -1.95. The summed E-state index contributed by atoms with van der Waals surface area (Å²) in [6.45, 7) is 2.21. The molecule has 0 unspecified atom stereocenters. The summed E-state index contributed by atoms with van der Waals surface area (Å²) in [7, 11) is 1.68. The third kappa shape index (κ3) is 3.98. The maximum atomic E-state index is 5.87. The Bertz CT molecular complexity index is 526. The van der Waals surface area contributed by atoms with E-state index in [-0.39, 0.29) is 0 Å². The van der Waals surface area contributed by atoms with E-state index in [1.165, 1.54) is 18.4 Å². The molecule has 0 aliphatic heterocycles. The molecule has 0 aliphatic rings. The first-order valence-corrected chi connectivity index (χ1v) is 7.09. The van der Waals surface area contributed by atoms with Crippen molar-refractivity contribution in [2.24, 2.45) is 0 Å². The van der Waals surface area contributed by atoms with Crippen LogP contribution in [0.15, 0.2) is 42.6 Å². The number of hydrogen-bond donors (Lipinski definition) is 0. The molecule has 106 valence electrons. The molecule has 0 N–H and O–H groups in total. The van der Waals surface area contributed by atoms with Gasteiger partial charge >= 0.3 is 0 Å². The average Bonchev–Trinajstić information content (AvgIpc) is 2.50. The van der Waals surface area contributed by atoms with Crippen LogP contribution in [0.5, 0.6) is 17.4 Å². The van der Waals surface area contributed by atoms with Gasteiger partial charge in [0.15, 0.2) is 0 Å². The van der Waals surface area contributed by atoms with E-state index in [1.54, 1.807) is 13.3 Å². The van der Waals surface area contributed by atoms with Gasteiger partial charge in [-0.2, -0.15) is 0 Å². The van der Waals surface area contributed by atoms with E-state index in [0.717, 1.165) is 24.3 Å². The molecule has 2 rings (SSSR count). The van der Waals surface area contributed by atoms with E-state index < -0.39 is 0 Å². The Labute approximate surface area is 120 Å². The zero-order valence-electron chi connectivity index (χ0n) is 12.1. The molecular formula is C17H21NO2. The third-order valence-electron chi connectivity index (χ3n) is 3.17. The Morgan fingerprint density at radius 1 is 1.10 bits per heavy atom. The van der Waals surface area contributed by atoms with Crippen molar-refractivity contribution in [3.8, 4) is 17.4 Å². The van der Waals surface area contributed by atoms with Crippen molar-refractivity contribution < 1.29 is 9.47 Å². The number of ether oxygens (including phenoxy) is 2. The van der Waals surface area contributed by atoms with Crippen LogP contribution in [0.25, 0.3) is 0 Å². The van der Waals surface area contributed by atoms with Crippen molar-refractivity contribution in [2.75, 3.05) is 7.11 Å². The zero-order valence-corrected chi connectivity index (χ0v) is 12.1. The summed E-state index contributed by atoms with van der Waals surface area (Å²) in [6.07, 6.45) is 6.31. The van der Waals surface area contributed by atoms with Crippen molar-refractivity contribution in [1.82, 2.24) is 4.98 Å². The van der Waals surface area contributed by atoms with E-state index in [1.807, 2.05) is 36.4 Å². The molecule has 1 aromatic carbocycles. The summed E-state index contributed by atoms with van der Waals surface area (Å²) in [6, 6.07) is 11.6. The van der Waals surface area contributed by atoms with Gasteiger partial charge in [0.1, 0.15) is 11.5 Å². The van der Waals surface area contributed by atoms with Gasteiger partial charge in [-0.05, 0) is 42.7 Å². The topological polar surface area (TPSA) is 31.4 Å². The molecule has 0 saturated heterocycles. The second-order valence-electron chi connectivity index (χ2n) is 4.70. The molecular weight excluding hydrogens is 250 g/mol. The number of aryl methyl sites for hydroxylation is 1. The summed E-state index contributed by atoms with van der Waals surface area (Å²) in [5, 5.41) is 0. The lowest BCUT2D eigenvalue weighted by molar-refractivity contribution is 0.410. The number of nitrogens with zero attached hydrogens (tertiary/aromatic N) is 1. The van der Waals surface area contributed by atoms with E-state index in [4.69, 9.17) is 9.47 Å². The Morgan fingerprint density at radius 2 is 2.00 bits per heavy atom. The summed E-state index contributed by atoms with van der Waals surface area (Å²) in [5.41, 5.74) is 1.17. The Kier molecular flexibility index (Phi) is 5.42. The molecule has 0 atom stereocenters. The summed E-state index contributed by atoms with van der Waals surface area (Å²) < 4.78 is 11.2. The van der Waals surface area contributed by atoms with Crippen LogP contribution in [0.1, 0.15) is 31.7 Å². The average molecular weight is 271 g/mol. The summed E-state index contributed by atoms with van der Waals surface area (Å²) in [4.78, 5) is 4.20. The lowest BCUT2D eigenvalue weighted by atomic mass is 10.1. The highest BCUT2D eigenvalue weighted by Crippen LogP contribution is 2.29. The molecule has 3 nitrogen and oxygen atoms in total. The number of methoxy groups -OCH3 is 1. The predicted molar refractivity (Wildman–Crippen MR) is 80.5 cm³/mol. The van der Waals surface area contributed by atoms with Crippen LogP contribution >= 0.6 is 0 Å². The van der Waals surface area contributed by atoms with Crippen LogP contribution in [-0.2, 0) is 6.42 Å². The molecule has 0 saturated carbocycles.